The third-order valence-corrected chi connectivity index (χ3v) is 6.31. The van der Waals surface area contributed by atoms with Gasteiger partial charge in [-0.2, -0.15) is 15.1 Å². The van der Waals surface area contributed by atoms with Gasteiger partial charge in [-0.05, 0) is 36.4 Å². The Morgan fingerprint density at radius 2 is 1.69 bits per heavy atom. The quantitative estimate of drug-likeness (QED) is 0.337. The summed E-state index contributed by atoms with van der Waals surface area (Å²) in [6.07, 6.45) is 3.00. The first-order valence-electron chi connectivity index (χ1n) is 11.4. The van der Waals surface area contributed by atoms with E-state index in [-0.39, 0.29) is 18.0 Å². The van der Waals surface area contributed by atoms with Crippen LogP contribution in [0.15, 0.2) is 55.0 Å². The predicted molar refractivity (Wildman–Crippen MR) is 132 cm³/mol. The first-order valence-corrected chi connectivity index (χ1v) is 11.4. The minimum absolute atomic E-state index is 0.103. The number of aromatic hydroxyl groups is 2. The molecule has 12 heteroatoms. The predicted octanol–water partition coefficient (Wildman–Crippen LogP) is 1.99. The summed E-state index contributed by atoms with van der Waals surface area (Å²) >= 11 is 0. The first kappa shape index (κ1) is 21.6. The van der Waals surface area contributed by atoms with Crippen LogP contribution in [0, 0.1) is 0 Å². The standard InChI is InChI=1S/C24H22N8O4/c33-16-6-4-15(5-7-16)29-8-10-30(11-9-29)24-27-22-21(25-14-31(22)13-20(35)36)23(28-24)32-18-2-1-3-19(34)17(18)12-26-32/h1-7,12,14,33-34H,8-11,13H2,(H,35,36). The fourth-order valence-electron chi connectivity index (χ4n) is 4.50. The van der Waals surface area contributed by atoms with Crippen LogP contribution in [0.5, 0.6) is 11.5 Å². The van der Waals surface area contributed by atoms with Crippen LogP contribution in [0.3, 0.4) is 0 Å². The summed E-state index contributed by atoms with van der Waals surface area (Å²) in [6, 6.07) is 12.2. The number of rotatable bonds is 5. The van der Waals surface area contributed by atoms with Crippen molar-refractivity contribution < 1.29 is 20.1 Å². The van der Waals surface area contributed by atoms with E-state index in [1.165, 1.54) is 10.9 Å². The molecule has 12 nitrogen and oxygen atoms in total. The van der Waals surface area contributed by atoms with E-state index in [4.69, 9.17) is 9.97 Å². The zero-order chi connectivity index (χ0) is 24.8. The van der Waals surface area contributed by atoms with Crippen molar-refractivity contribution in [3.05, 3.63) is 55.0 Å². The van der Waals surface area contributed by atoms with Crippen LogP contribution in [0.2, 0.25) is 0 Å². The molecule has 182 valence electrons. The molecule has 1 aliphatic heterocycles. The van der Waals surface area contributed by atoms with Gasteiger partial charge in [0.05, 0.1) is 23.4 Å². The van der Waals surface area contributed by atoms with E-state index in [0.29, 0.717) is 60.0 Å². The molecule has 2 aromatic carbocycles. The number of aliphatic carboxylic acids is 1. The van der Waals surface area contributed by atoms with Gasteiger partial charge in [0.25, 0.3) is 0 Å². The Kier molecular flexibility index (Phi) is 5.06. The van der Waals surface area contributed by atoms with Crippen molar-refractivity contribution in [1.82, 2.24) is 29.3 Å². The Hall–Kier alpha value is -4.87. The van der Waals surface area contributed by atoms with Gasteiger partial charge in [0, 0.05) is 31.9 Å². The molecule has 1 aliphatic rings. The number of carboxylic acid groups (broad SMARTS) is 1. The molecule has 1 saturated heterocycles. The zero-order valence-corrected chi connectivity index (χ0v) is 19.1. The van der Waals surface area contributed by atoms with Crippen molar-refractivity contribution in [3.8, 4) is 17.3 Å². The highest BCUT2D eigenvalue weighted by molar-refractivity contribution is 5.89. The zero-order valence-electron chi connectivity index (χ0n) is 19.1. The number of anilines is 2. The van der Waals surface area contributed by atoms with Gasteiger partial charge in [0.1, 0.15) is 18.0 Å². The number of hydrogen-bond donors (Lipinski definition) is 3. The molecule has 6 rings (SSSR count). The minimum atomic E-state index is -1.01. The van der Waals surface area contributed by atoms with E-state index >= 15 is 0 Å². The number of carboxylic acids is 1. The van der Waals surface area contributed by atoms with E-state index in [0.717, 1.165) is 5.69 Å². The van der Waals surface area contributed by atoms with Crippen LogP contribution in [-0.2, 0) is 11.3 Å². The fourth-order valence-corrected chi connectivity index (χ4v) is 4.50. The summed E-state index contributed by atoms with van der Waals surface area (Å²) < 4.78 is 3.07. The number of piperazine rings is 1. The van der Waals surface area contributed by atoms with Gasteiger partial charge in [0.15, 0.2) is 17.0 Å². The van der Waals surface area contributed by atoms with Gasteiger partial charge >= 0.3 is 5.97 Å². The number of aromatic nitrogens is 6. The molecule has 0 spiro atoms. The molecule has 5 aromatic rings. The van der Waals surface area contributed by atoms with Crippen LogP contribution >= 0.6 is 0 Å². The number of fused-ring (bicyclic) bond motifs is 2. The van der Waals surface area contributed by atoms with E-state index < -0.39 is 5.97 Å². The largest absolute Gasteiger partial charge is 0.508 e. The Morgan fingerprint density at radius 3 is 2.44 bits per heavy atom. The van der Waals surface area contributed by atoms with Gasteiger partial charge in [-0.1, -0.05) is 6.07 Å². The number of benzene rings is 2. The second-order valence-corrected chi connectivity index (χ2v) is 8.54. The van der Waals surface area contributed by atoms with Crippen molar-refractivity contribution in [1.29, 1.82) is 0 Å². The lowest BCUT2D eigenvalue weighted by molar-refractivity contribution is -0.137. The average Bonchev–Trinajstić information content (AvgIpc) is 3.49. The smallest absolute Gasteiger partial charge is 0.323 e. The first-order chi connectivity index (χ1) is 17.5. The molecule has 0 unspecified atom stereocenters. The maximum Gasteiger partial charge on any atom is 0.323 e. The second-order valence-electron chi connectivity index (χ2n) is 8.54. The molecule has 4 heterocycles. The molecule has 3 aromatic heterocycles. The lowest BCUT2D eigenvalue weighted by Gasteiger charge is -2.36. The number of hydrogen-bond acceptors (Lipinski definition) is 9. The molecule has 0 aliphatic carbocycles. The number of phenolic OH excluding ortho intramolecular Hbond substituents is 2. The highest BCUT2D eigenvalue weighted by Crippen LogP contribution is 2.29. The lowest BCUT2D eigenvalue weighted by atomic mass is 10.2. The summed E-state index contributed by atoms with van der Waals surface area (Å²) in [5.41, 5.74) is 2.47. The van der Waals surface area contributed by atoms with Crippen LogP contribution in [0.1, 0.15) is 0 Å². The molecule has 0 saturated carbocycles. The van der Waals surface area contributed by atoms with Crippen molar-refractivity contribution in [3.63, 3.8) is 0 Å². The van der Waals surface area contributed by atoms with E-state index in [1.807, 2.05) is 23.1 Å². The number of imidazole rings is 1. The normalized spacial score (nSPS) is 14.1. The van der Waals surface area contributed by atoms with Crippen LogP contribution in [0.25, 0.3) is 27.9 Å². The van der Waals surface area contributed by atoms with Crippen LogP contribution in [0.4, 0.5) is 11.6 Å². The molecule has 0 radical (unpaired) electrons. The lowest BCUT2D eigenvalue weighted by Crippen LogP contribution is -2.47. The summed E-state index contributed by atoms with van der Waals surface area (Å²) in [5.74, 6) is 0.169. The Labute approximate surface area is 204 Å². The van der Waals surface area contributed by atoms with Gasteiger partial charge in [-0.25, -0.2) is 9.67 Å². The topological polar surface area (TPSA) is 146 Å². The molecule has 0 bridgehead atoms. The second kappa shape index (κ2) is 8.41. The minimum Gasteiger partial charge on any atom is -0.508 e. The van der Waals surface area contributed by atoms with Crippen molar-refractivity contribution >= 4 is 39.7 Å². The summed E-state index contributed by atoms with van der Waals surface area (Å²) in [4.78, 5) is 29.6. The fraction of sp³-hybridized carbons (Fsp3) is 0.208. The SMILES string of the molecule is O=C(O)Cn1cnc2c(-n3ncc4c(O)cccc43)nc(N3CCN(c4ccc(O)cc4)CC3)nc21. The molecule has 3 N–H and O–H groups in total. The van der Waals surface area contributed by atoms with Gasteiger partial charge in [-0.3, -0.25) is 4.79 Å². The van der Waals surface area contributed by atoms with Gasteiger partial charge in [-0.15, -0.1) is 0 Å². The maximum atomic E-state index is 11.4. The number of carbonyl (C=O) groups is 1. The molecule has 0 amide bonds. The van der Waals surface area contributed by atoms with Crippen molar-refractivity contribution in [2.24, 2.45) is 0 Å². The molecular formula is C24H22N8O4. The summed E-state index contributed by atoms with van der Waals surface area (Å²) in [6.45, 7) is 2.42. The highest BCUT2D eigenvalue weighted by atomic mass is 16.4. The summed E-state index contributed by atoms with van der Waals surface area (Å²) in [7, 11) is 0. The molecule has 36 heavy (non-hydrogen) atoms. The van der Waals surface area contributed by atoms with E-state index in [1.54, 1.807) is 35.1 Å². The molecular weight excluding hydrogens is 464 g/mol. The summed E-state index contributed by atoms with van der Waals surface area (Å²) in [5, 5.41) is 34.2. The van der Waals surface area contributed by atoms with Gasteiger partial charge in [0.2, 0.25) is 5.95 Å². The number of phenols is 2. The van der Waals surface area contributed by atoms with Gasteiger partial charge < -0.3 is 29.7 Å². The Balaban J connectivity index is 1.41. The van der Waals surface area contributed by atoms with Crippen LogP contribution < -0.4 is 9.80 Å². The van der Waals surface area contributed by atoms with Crippen molar-refractivity contribution in [2.45, 2.75) is 6.54 Å². The Bertz CT molecular complexity index is 1590. The molecule has 1 fully saturated rings. The van der Waals surface area contributed by atoms with Crippen LogP contribution in [-0.4, -0.2) is 76.8 Å². The van der Waals surface area contributed by atoms with Crippen molar-refractivity contribution in [2.75, 3.05) is 36.0 Å². The molecule has 0 atom stereocenters. The number of nitrogens with zero attached hydrogens (tertiary/aromatic N) is 8. The highest BCUT2D eigenvalue weighted by Gasteiger charge is 2.24. The average molecular weight is 486 g/mol. The Morgan fingerprint density at radius 1 is 0.944 bits per heavy atom. The maximum absolute atomic E-state index is 11.4. The third kappa shape index (κ3) is 3.68. The monoisotopic (exact) mass is 486 g/mol. The van der Waals surface area contributed by atoms with E-state index in [9.17, 15) is 20.1 Å². The third-order valence-electron chi connectivity index (χ3n) is 6.31. The van der Waals surface area contributed by atoms with E-state index in [2.05, 4.69) is 15.0 Å².